The van der Waals surface area contributed by atoms with E-state index in [4.69, 9.17) is 27.4 Å². The molecule has 8 heteroatoms. The molecule has 7 nitrogen and oxygen atoms in total. The topological polar surface area (TPSA) is 97.1 Å². The molecule has 0 radical (unpaired) electrons. The Morgan fingerprint density at radius 1 is 0.793 bits per heavy atom. The average Bonchev–Trinajstić information content (AvgIpc) is 3.47. The predicted molar refractivity (Wildman–Crippen MR) is 113 cm³/mol. The van der Waals surface area contributed by atoms with E-state index in [9.17, 15) is 0 Å². The molecule has 2 aromatic rings. The minimum absolute atomic E-state index is 0.281. The van der Waals surface area contributed by atoms with Gasteiger partial charge in [-0.25, -0.2) is 13.6 Å². The lowest BCUT2D eigenvalue weighted by molar-refractivity contribution is 0.379. The second-order valence-electron chi connectivity index (χ2n) is 6.99. The molecule has 0 spiro atoms. The molecule has 0 unspecified atom stereocenters. The van der Waals surface area contributed by atoms with Gasteiger partial charge in [0.25, 0.3) is 0 Å². The van der Waals surface area contributed by atoms with Crippen LogP contribution in [0, 0.1) is 5.41 Å². The van der Waals surface area contributed by atoms with Crippen LogP contribution in [0.4, 0.5) is 0 Å². The quantitative estimate of drug-likeness (QED) is 0.634. The summed E-state index contributed by atoms with van der Waals surface area (Å²) in [5.74, 6) is 3.43. The number of methoxy groups -OCH3 is 4. The Labute approximate surface area is 173 Å². The van der Waals surface area contributed by atoms with Crippen LogP contribution in [-0.2, 0) is 23.7 Å². The third-order valence-electron chi connectivity index (χ3n) is 5.08. The van der Waals surface area contributed by atoms with Crippen LogP contribution in [0.1, 0.15) is 24.0 Å². The van der Waals surface area contributed by atoms with Gasteiger partial charge in [-0.3, -0.25) is 0 Å². The average molecular weight is 424 g/mol. The highest BCUT2D eigenvalue weighted by Crippen LogP contribution is 2.53. The first-order valence-corrected chi connectivity index (χ1v) is 10.4. The molecule has 2 N–H and O–H groups in total. The first kappa shape index (κ1) is 22.8. The van der Waals surface area contributed by atoms with Crippen LogP contribution in [0.2, 0.25) is 0 Å². The van der Waals surface area contributed by atoms with Gasteiger partial charge in [-0.2, -0.15) is 0 Å². The molecular weight excluding hydrogens is 394 g/mol. The summed E-state index contributed by atoms with van der Waals surface area (Å²) in [7, 11) is 4.15. The molecule has 0 saturated heterocycles. The van der Waals surface area contributed by atoms with E-state index in [2.05, 4.69) is 17.3 Å². The van der Waals surface area contributed by atoms with Gasteiger partial charge in [0.1, 0.15) is 23.0 Å². The van der Waals surface area contributed by atoms with Crippen molar-refractivity contribution in [2.45, 2.75) is 25.7 Å². The monoisotopic (exact) mass is 423 g/mol. The molecule has 0 heterocycles. The summed E-state index contributed by atoms with van der Waals surface area (Å²) in [5.41, 5.74) is 2.74. The third kappa shape index (κ3) is 6.54. The summed E-state index contributed by atoms with van der Waals surface area (Å²) >= 11 is 0. The standard InChI is InChI=1S/C21H26O4.H3NO2S/c1-22-17-7-5-15(19(11-17)24-3)13-21(9-10-21)14-16-6-8-18(23-2)12-20(16)25-4;1-4(2)3/h5-8,11-12H,9-10,13-14H2,1-4H3;4H,(H2,1,2,3). The maximum Gasteiger partial charge on any atom is 0.198 e. The highest BCUT2D eigenvalue weighted by Gasteiger charge is 2.43. The third-order valence-corrected chi connectivity index (χ3v) is 5.08. The van der Waals surface area contributed by atoms with Crippen molar-refractivity contribution < 1.29 is 27.4 Å². The predicted octanol–water partition coefficient (Wildman–Crippen LogP) is 2.76. The van der Waals surface area contributed by atoms with Gasteiger partial charge in [0.15, 0.2) is 10.9 Å². The SMILES string of the molecule is COc1ccc(CC2(Cc3ccc(OC)cc3OC)CC2)c(OC)c1.N[SH](=O)=O. The van der Waals surface area contributed by atoms with Crippen LogP contribution in [0.3, 0.4) is 0 Å². The van der Waals surface area contributed by atoms with Crippen LogP contribution >= 0.6 is 0 Å². The van der Waals surface area contributed by atoms with Gasteiger partial charge in [0.2, 0.25) is 0 Å². The van der Waals surface area contributed by atoms with Crippen molar-refractivity contribution in [3.05, 3.63) is 47.5 Å². The van der Waals surface area contributed by atoms with Crippen molar-refractivity contribution in [2.75, 3.05) is 28.4 Å². The minimum atomic E-state index is -2.62. The van der Waals surface area contributed by atoms with Crippen LogP contribution in [-0.4, -0.2) is 36.9 Å². The molecule has 3 rings (SSSR count). The van der Waals surface area contributed by atoms with Gasteiger partial charge in [-0.1, -0.05) is 12.1 Å². The van der Waals surface area contributed by atoms with Crippen molar-refractivity contribution in [1.29, 1.82) is 0 Å². The fraction of sp³-hybridized carbons (Fsp3) is 0.429. The molecule has 1 aliphatic carbocycles. The number of hydrogen-bond acceptors (Lipinski definition) is 6. The Morgan fingerprint density at radius 2 is 1.17 bits per heavy atom. The molecular formula is C21H29NO6S. The molecule has 0 bridgehead atoms. The van der Waals surface area contributed by atoms with Crippen LogP contribution in [0.25, 0.3) is 0 Å². The summed E-state index contributed by atoms with van der Waals surface area (Å²) in [6.07, 6.45) is 4.43. The zero-order valence-corrected chi connectivity index (χ0v) is 18.2. The smallest absolute Gasteiger partial charge is 0.198 e. The van der Waals surface area contributed by atoms with Crippen molar-refractivity contribution in [3.63, 3.8) is 0 Å². The first-order valence-electron chi connectivity index (χ1n) is 9.17. The molecule has 29 heavy (non-hydrogen) atoms. The van der Waals surface area contributed by atoms with Gasteiger partial charge in [-0.05, 0) is 54.4 Å². The van der Waals surface area contributed by atoms with E-state index in [1.165, 1.54) is 24.0 Å². The molecule has 0 aliphatic heterocycles. The molecule has 1 fully saturated rings. The zero-order valence-electron chi connectivity index (χ0n) is 17.3. The summed E-state index contributed by atoms with van der Waals surface area (Å²) in [6, 6.07) is 12.1. The van der Waals surface area contributed by atoms with E-state index < -0.39 is 10.9 Å². The fourth-order valence-electron chi connectivity index (χ4n) is 3.40. The summed E-state index contributed by atoms with van der Waals surface area (Å²) in [5, 5.41) is 4.06. The van der Waals surface area contributed by atoms with Crippen molar-refractivity contribution >= 4 is 10.9 Å². The number of thiol groups is 1. The number of benzene rings is 2. The lowest BCUT2D eigenvalue weighted by Crippen LogP contribution is -2.11. The lowest BCUT2D eigenvalue weighted by Gasteiger charge is -2.19. The highest BCUT2D eigenvalue weighted by molar-refractivity contribution is 7.69. The van der Waals surface area contributed by atoms with Gasteiger partial charge >= 0.3 is 0 Å². The molecule has 160 valence electrons. The maximum atomic E-state index is 8.81. The van der Waals surface area contributed by atoms with Crippen LogP contribution < -0.4 is 24.1 Å². The number of hydrogen-bond donors (Lipinski definition) is 2. The van der Waals surface area contributed by atoms with E-state index in [0.717, 1.165) is 35.8 Å². The molecule has 2 aromatic carbocycles. The van der Waals surface area contributed by atoms with Crippen LogP contribution in [0.5, 0.6) is 23.0 Å². The number of nitrogens with two attached hydrogens (primary N) is 1. The molecule has 1 aliphatic rings. The Bertz CT molecular complexity index is 825. The number of ether oxygens (including phenoxy) is 4. The largest absolute Gasteiger partial charge is 0.497 e. The summed E-state index contributed by atoms with van der Waals surface area (Å²) < 4.78 is 39.4. The highest BCUT2D eigenvalue weighted by atomic mass is 32.2. The van der Waals surface area contributed by atoms with E-state index in [0.29, 0.717) is 0 Å². The Hall–Kier alpha value is -2.45. The van der Waals surface area contributed by atoms with Gasteiger partial charge in [0.05, 0.1) is 28.4 Å². The lowest BCUT2D eigenvalue weighted by atomic mass is 9.89. The Morgan fingerprint density at radius 3 is 1.45 bits per heavy atom. The normalized spacial score (nSPS) is 13.9. The maximum absolute atomic E-state index is 8.81. The van der Waals surface area contributed by atoms with Crippen molar-refractivity contribution in [3.8, 4) is 23.0 Å². The molecule has 0 amide bonds. The van der Waals surface area contributed by atoms with E-state index in [1.54, 1.807) is 28.4 Å². The Balaban J connectivity index is 0.000000687. The summed E-state index contributed by atoms with van der Waals surface area (Å²) in [4.78, 5) is 0. The minimum Gasteiger partial charge on any atom is -0.497 e. The summed E-state index contributed by atoms with van der Waals surface area (Å²) in [6.45, 7) is 0. The van der Waals surface area contributed by atoms with Crippen LogP contribution in [0.15, 0.2) is 36.4 Å². The second-order valence-corrected chi connectivity index (χ2v) is 7.57. The van der Waals surface area contributed by atoms with E-state index in [1.807, 2.05) is 24.3 Å². The second kappa shape index (κ2) is 10.4. The molecule has 1 saturated carbocycles. The van der Waals surface area contributed by atoms with Gasteiger partial charge in [-0.15, -0.1) is 0 Å². The van der Waals surface area contributed by atoms with Crippen molar-refractivity contribution in [1.82, 2.24) is 0 Å². The van der Waals surface area contributed by atoms with Gasteiger partial charge in [0, 0.05) is 12.1 Å². The zero-order chi connectivity index (χ0) is 21.4. The first-order chi connectivity index (χ1) is 13.9. The van der Waals surface area contributed by atoms with E-state index >= 15 is 0 Å². The van der Waals surface area contributed by atoms with Gasteiger partial charge < -0.3 is 18.9 Å². The fourth-order valence-corrected chi connectivity index (χ4v) is 3.40. The van der Waals surface area contributed by atoms with E-state index in [-0.39, 0.29) is 5.41 Å². The number of rotatable bonds is 8. The molecule has 0 atom stereocenters. The Kier molecular flexibility index (Phi) is 8.16. The van der Waals surface area contributed by atoms with Crippen molar-refractivity contribution in [2.24, 2.45) is 10.6 Å². The molecule has 0 aromatic heterocycles.